The Balaban J connectivity index is 5.13. The third-order valence-electron chi connectivity index (χ3n) is 4.28. The lowest BCUT2D eigenvalue weighted by atomic mass is 10.3. The Bertz CT molecular complexity index is 652. The average molecular weight is 605 g/mol. The van der Waals surface area contributed by atoms with Crippen molar-refractivity contribution in [1.82, 2.24) is 19.6 Å². The molecule has 0 spiro atoms. The lowest BCUT2D eigenvalue weighted by molar-refractivity contribution is -0.117. The Hall–Kier alpha value is -0.400. The van der Waals surface area contributed by atoms with Gasteiger partial charge >= 0.3 is 0 Å². The fourth-order valence-corrected chi connectivity index (χ4v) is 3.89. The first-order chi connectivity index (χ1) is 15.8. The molecule has 0 aliphatic heterocycles. The van der Waals surface area contributed by atoms with Gasteiger partial charge in [0, 0.05) is 39.3 Å². The molecule has 0 saturated carbocycles. The van der Waals surface area contributed by atoms with E-state index < -0.39 is 31.5 Å². The molecule has 0 N–H and O–H groups in total. The monoisotopic (exact) mass is 602 g/mol. The molecule has 16 heteroatoms. The smallest absolute Gasteiger partial charge is 0.235 e. The lowest BCUT2D eigenvalue weighted by Gasteiger charge is -2.29. The number of carbonyl (C=O) groups is 6. The van der Waals surface area contributed by atoms with Crippen molar-refractivity contribution in [2.75, 3.05) is 78.5 Å². The quantitative estimate of drug-likeness (QED) is 0.174. The van der Waals surface area contributed by atoms with Gasteiger partial charge in [0.05, 0.1) is 39.3 Å². The summed E-state index contributed by atoms with van der Waals surface area (Å²) in [6.45, 7) is 0.155. The van der Waals surface area contributed by atoms with E-state index in [1.807, 2.05) is 0 Å². The van der Waals surface area contributed by atoms with E-state index in [2.05, 4.69) is 0 Å². The second-order valence-corrected chi connectivity index (χ2v) is 9.63. The highest BCUT2D eigenvalue weighted by atomic mass is 35.5. The number of hydrogen-bond donors (Lipinski definition) is 0. The normalized spacial score (nSPS) is 11.5. The fraction of sp³-hybridized carbons (Fsp3) is 0.667. The van der Waals surface area contributed by atoms with Crippen LogP contribution in [0.15, 0.2) is 0 Å². The van der Waals surface area contributed by atoms with Crippen molar-refractivity contribution in [3.8, 4) is 0 Å². The second kappa shape index (κ2) is 18.8. The van der Waals surface area contributed by atoms with Gasteiger partial charge in [-0.2, -0.15) is 0 Å². The molecule has 34 heavy (non-hydrogen) atoms. The molecule has 0 heterocycles. The van der Waals surface area contributed by atoms with Crippen LogP contribution in [0.3, 0.4) is 0 Å². The molecule has 0 aromatic carbocycles. The van der Waals surface area contributed by atoms with Crippen LogP contribution in [0.2, 0.25) is 0 Å². The first-order valence-corrected chi connectivity index (χ1v) is 12.0. The molecule has 0 atom stereocenters. The summed E-state index contributed by atoms with van der Waals surface area (Å²) in [5, 5.41) is -4.00. The molecular formula is C18H24Cl6N4O6. The van der Waals surface area contributed by atoms with Gasteiger partial charge in [-0.05, 0) is 69.6 Å². The highest BCUT2D eigenvalue weighted by Gasteiger charge is 2.19. The van der Waals surface area contributed by atoms with E-state index in [0.29, 0.717) is 0 Å². The van der Waals surface area contributed by atoms with E-state index in [1.165, 1.54) is 9.80 Å². The van der Waals surface area contributed by atoms with Crippen molar-refractivity contribution >= 4 is 101 Å². The van der Waals surface area contributed by atoms with Gasteiger partial charge in [0.1, 0.15) is 0 Å². The molecule has 0 amide bonds. The third kappa shape index (κ3) is 19.9. The molecule has 0 radical (unpaired) electrons. The SMILES string of the molecule is O=C(Cl)CN(CCN(CCN(CC(=O)Cl)CC(=O)Cl)CC(=O)Cl)CCN(CC(=O)Cl)CC(=O)Cl. The van der Waals surface area contributed by atoms with E-state index in [0.717, 1.165) is 0 Å². The highest BCUT2D eigenvalue weighted by molar-refractivity contribution is 6.65. The molecule has 0 aliphatic carbocycles. The Morgan fingerprint density at radius 1 is 0.324 bits per heavy atom. The van der Waals surface area contributed by atoms with Gasteiger partial charge in [-0.25, -0.2) is 0 Å². The summed E-state index contributed by atoms with van der Waals surface area (Å²) in [7, 11) is 0. The van der Waals surface area contributed by atoms with E-state index >= 15 is 0 Å². The van der Waals surface area contributed by atoms with E-state index in [4.69, 9.17) is 69.6 Å². The number of halogens is 6. The molecule has 0 aromatic rings. The molecule has 0 rings (SSSR count). The topological polar surface area (TPSA) is 115 Å². The third-order valence-corrected chi connectivity index (χ3v) is 5.00. The van der Waals surface area contributed by atoms with Gasteiger partial charge < -0.3 is 0 Å². The van der Waals surface area contributed by atoms with Crippen molar-refractivity contribution < 1.29 is 28.8 Å². The zero-order valence-corrected chi connectivity index (χ0v) is 22.5. The van der Waals surface area contributed by atoms with Gasteiger partial charge in [-0.3, -0.25) is 48.4 Å². The summed E-state index contributed by atoms with van der Waals surface area (Å²) >= 11 is 32.6. The largest absolute Gasteiger partial charge is 0.292 e. The van der Waals surface area contributed by atoms with E-state index in [1.54, 1.807) is 9.80 Å². The molecule has 0 aromatic heterocycles. The van der Waals surface area contributed by atoms with Crippen LogP contribution in [0.4, 0.5) is 0 Å². The van der Waals surface area contributed by atoms with Crippen LogP contribution in [-0.2, 0) is 28.8 Å². The minimum Gasteiger partial charge on any atom is -0.292 e. The van der Waals surface area contributed by atoms with Crippen LogP contribution in [-0.4, -0.2) is 130 Å². The summed E-state index contributed by atoms with van der Waals surface area (Å²) in [6.07, 6.45) is 0. The molecule has 0 fully saturated rings. The number of nitrogens with zero attached hydrogens (tertiary/aromatic N) is 4. The van der Waals surface area contributed by atoms with Gasteiger partial charge in [0.25, 0.3) is 0 Å². The molecular weight excluding hydrogens is 581 g/mol. The number of hydrogen-bond acceptors (Lipinski definition) is 10. The Morgan fingerprint density at radius 3 is 0.647 bits per heavy atom. The first-order valence-electron chi connectivity index (χ1n) is 9.77. The highest BCUT2D eigenvalue weighted by Crippen LogP contribution is 2.02. The molecule has 0 saturated heterocycles. The number of rotatable bonds is 21. The van der Waals surface area contributed by atoms with Crippen LogP contribution in [0, 0.1) is 0 Å². The molecule has 0 bridgehead atoms. The second-order valence-electron chi connectivity index (χ2n) is 7.10. The van der Waals surface area contributed by atoms with Crippen molar-refractivity contribution in [2.24, 2.45) is 0 Å². The zero-order chi connectivity index (χ0) is 26.3. The standard InChI is InChI=1S/C18H24Cl6N4O6/c19-13(29)7-25(3-5-27(9-15(21)31)10-16(22)32)1-2-26(8-14(20)30)4-6-28(11-17(23)33)12-18(24)34/h1-12H2. The zero-order valence-electron chi connectivity index (χ0n) is 18.0. The maximum atomic E-state index is 11.5. The predicted molar refractivity (Wildman–Crippen MR) is 131 cm³/mol. The minimum absolute atomic E-state index is 0.144. The summed E-state index contributed by atoms with van der Waals surface area (Å²) in [4.78, 5) is 73.9. The van der Waals surface area contributed by atoms with Crippen LogP contribution in [0.5, 0.6) is 0 Å². The Kier molecular flexibility index (Phi) is 18.6. The first kappa shape index (κ1) is 33.6. The van der Waals surface area contributed by atoms with Crippen molar-refractivity contribution in [3.05, 3.63) is 0 Å². The van der Waals surface area contributed by atoms with Gasteiger partial charge in [0.2, 0.25) is 31.5 Å². The maximum Gasteiger partial charge on any atom is 0.235 e. The van der Waals surface area contributed by atoms with Gasteiger partial charge in [-0.1, -0.05) is 0 Å². The van der Waals surface area contributed by atoms with Crippen molar-refractivity contribution in [3.63, 3.8) is 0 Å². The fourth-order valence-electron chi connectivity index (χ4n) is 2.87. The summed E-state index contributed by atoms with van der Waals surface area (Å²) in [6, 6.07) is 0. The molecule has 0 aliphatic rings. The maximum absolute atomic E-state index is 11.5. The summed E-state index contributed by atoms with van der Waals surface area (Å²) < 4.78 is 0. The minimum atomic E-state index is -0.680. The van der Waals surface area contributed by atoms with Crippen molar-refractivity contribution in [1.29, 1.82) is 0 Å². The molecule has 0 unspecified atom stereocenters. The van der Waals surface area contributed by atoms with Gasteiger partial charge in [-0.15, -0.1) is 0 Å². The number of carbonyl (C=O) groups excluding carboxylic acids is 6. The van der Waals surface area contributed by atoms with Gasteiger partial charge in [0.15, 0.2) is 0 Å². The summed E-state index contributed by atoms with van der Waals surface area (Å²) in [5.41, 5.74) is 0. The molecule has 10 nitrogen and oxygen atoms in total. The van der Waals surface area contributed by atoms with Crippen LogP contribution < -0.4 is 0 Å². The predicted octanol–water partition coefficient (Wildman–Crippen LogP) is 0.787. The Morgan fingerprint density at radius 2 is 0.471 bits per heavy atom. The molecule has 194 valence electrons. The van der Waals surface area contributed by atoms with Crippen LogP contribution in [0.25, 0.3) is 0 Å². The van der Waals surface area contributed by atoms with E-state index in [9.17, 15) is 28.8 Å². The Labute approximate surface area is 227 Å². The van der Waals surface area contributed by atoms with Crippen LogP contribution >= 0.6 is 69.6 Å². The lowest BCUT2D eigenvalue weighted by Crippen LogP contribution is -2.45. The van der Waals surface area contributed by atoms with Crippen LogP contribution in [0.1, 0.15) is 0 Å². The average Bonchev–Trinajstić information content (AvgIpc) is 2.64. The summed E-state index contributed by atoms with van der Waals surface area (Å²) in [5.74, 6) is 0. The van der Waals surface area contributed by atoms with E-state index in [-0.39, 0.29) is 78.5 Å². The van der Waals surface area contributed by atoms with Crippen molar-refractivity contribution in [2.45, 2.75) is 0 Å².